The van der Waals surface area contributed by atoms with E-state index in [4.69, 9.17) is 5.73 Å². The van der Waals surface area contributed by atoms with Gasteiger partial charge in [0.05, 0.1) is 12.0 Å². The highest BCUT2D eigenvalue weighted by atomic mass is 16.4. The van der Waals surface area contributed by atoms with E-state index < -0.39 is 12.0 Å². The minimum atomic E-state index is -0.882. The third kappa shape index (κ3) is 4.98. The Kier molecular flexibility index (Phi) is 6.12. The largest absolute Gasteiger partial charge is 0.480 e. The highest BCUT2D eigenvalue weighted by molar-refractivity contribution is 5.73. The standard InChI is InChI=1S/C16H22N4O2/c17-7-8-18-15(16(21)22)10-14-11-20(12-19-14)9-6-13-4-2-1-3-5-13/h1-5,11-12,15,18H,6-10,17H2,(H,21,22)/t15-/m0/s1. The van der Waals surface area contributed by atoms with Gasteiger partial charge in [0, 0.05) is 32.3 Å². The summed E-state index contributed by atoms with van der Waals surface area (Å²) in [6.07, 6.45) is 4.93. The number of aryl methyl sites for hydroxylation is 2. The molecule has 0 unspecified atom stereocenters. The maximum atomic E-state index is 11.2. The van der Waals surface area contributed by atoms with Crippen molar-refractivity contribution in [3.63, 3.8) is 0 Å². The zero-order chi connectivity index (χ0) is 15.8. The van der Waals surface area contributed by atoms with Gasteiger partial charge in [0.25, 0.3) is 0 Å². The van der Waals surface area contributed by atoms with E-state index >= 15 is 0 Å². The molecule has 0 saturated carbocycles. The van der Waals surface area contributed by atoms with Gasteiger partial charge in [-0.3, -0.25) is 4.79 Å². The normalized spacial score (nSPS) is 12.2. The fourth-order valence-electron chi connectivity index (χ4n) is 2.25. The molecular weight excluding hydrogens is 280 g/mol. The summed E-state index contributed by atoms with van der Waals surface area (Å²) in [7, 11) is 0. The molecule has 0 spiro atoms. The molecular formula is C16H22N4O2. The third-order valence-corrected chi connectivity index (χ3v) is 3.43. The summed E-state index contributed by atoms with van der Waals surface area (Å²) >= 11 is 0. The van der Waals surface area contributed by atoms with Crippen LogP contribution in [-0.4, -0.2) is 39.8 Å². The van der Waals surface area contributed by atoms with Crippen LogP contribution in [0.3, 0.4) is 0 Å². The smallest absolute Gasteiger partial charge is 0.321 e. The van der Waals surface area contributed by atoms with Crippen LogP contribution in [0.5, 0.6) is 0 Å². The lowest BCUT2D eigenvalue weighted by atomic mass is 10.1. The predicted molar refractivity (Wildman–Crippen MR) is 84.6 cm³/mol. The van der Waals surface area contributed by atoms with Gasteiger partial charge < -0.3 is 20.7 Å². The summed E-state index contributed by atoms with van der Waals surface area (Å²) in [4.78, 5) is 15.5. The van der Waals surface area contributed by atoms with Crippen LogP contribution in [0.1, 0.15) is 11.3 Å². The molecule has 6 heteroatoms. The number of carbonyl (C=O) groups is 1. The van der Waals surface area contributed by atoms with E-state index in [0.717, 1.165) is 18.7 Å². The molecule has 0 amide bonds. The number of hydrogen-bond donors (Lipinski definition) is 3. The first-order valence-electron chi connectivity index (χ1n) is 7.40. The van der Waals surface area contributed by atoms with Gasteiger partial charge in [-0.25, -0.2) is 4.98 Å². The van der Waals surface area contributed by atoms with E-state index in [1.807, 2.05) is 29.0 Å². The van der Waals surface area contributed by atoms with Crippen LogP contribution >= 0.6 is 0 Å². The number of imidazole rings is 1. The lowest BCUT2D eigenvalue weighted by Gasteiger charge is -2.12. The molecule has 4 N–H and O–H groups in total. The van der Waals surface area contributed by atoms with Crippen LogP contribution in [0.2, 0.25) is 0 Å². The molecule has 0 aliphatic rings. The fraction of sp³-hybridized carbons (Fsp3) is 0.375. The molecule has 118 valence electrons. The minimum Gasteiger partial charge on any atom is -0.480 e. The molecule has 6 nitrogen and oxygen atoms in total. The highest BCUT2D eigenvalue weighted by Crippen LogP contribution is 2.05. The molecule has 0 aliphatic carbocycles. The zero-order valence-corrected chi connectivity index (χ0v) is 12.5. The van der Waals surface area contributed by atoms with Crippen LogP contribution in [0.4, 0.5) is 0 Å². The van der Waals surface area contributed by atoms with Crippen molar-refractivity contribution in [1.82, 2.24) is 14.9 Å². The predicted octanol–water partition coefficient (Wildman–Crippen LogP) is 0.670. The highest BCUT2D eigenvalue weighted by Gasteiger charge is 2.18. The summed E-state index contributed by atoms with van der Waals surface area (Å²) in [6, 6.07) is 9.58. The molecule has 22 heavy (non-hydrogen) atoms. The average Bonchev–Trinajstić information content (AvgIpc) is 2.98. The Hall–Kier alpha value is -2.18. The minimum absolute atomic E-state index is 0.355. The van der Waals surface area contributed by atoms with Gasteiger partial charge in [0.15, 0.2) is 0 Å². The topological polar surface area (TPSA) is 93.2 Å². The number of nitrogens with one attached hydrogen (secondary N) is 1. The third-order valence-electron chi connectivity index (χ3n) is 3.43. The Balaban J connectivity index is 1.88. The number of carboxylic acids is 1. The summed E-state index contributed by atoms with van der Waals surface area (Å²) in [5, 5.41) is 12.1. The Labute approximate surface area is 130 Å². The van der Waals surface area contributed by atoms with E-state index in [0.29, 0.717) is 19.5 Å². The summed E-state index contributed by atoms with van der Waals surface area (Å²) in [5.41, 5.74) is 7.43. The first-order chi connectivity index (χ1) is 10.7. The van der Waals surface area contributed by atoms with Crippen LogP contribution in [0, 0.1) is 0 Å². The number of nitrogens with zero attached hydrogens (tertiary/aromatic N) is 2. The van der Waals surface area contributed by atoms with Gasteiger partial charge in [0.2, 0.25) is 0 Å². The maximum Gasteiger partial charge on any atom is 0.321 e. The second-order valence-electron chi connectivity index (χ2n) is 5.18. The molecule has 0 bridgehead atoms. The number of nitrogens with two attached hydrogens (primary N) is 1. The number of aliphatic carboxylic acids is 1. The van der Waals surface area contributed by atoms with Gasteiger partial charge in [-0.05, 0) is 12.0 Å². The zero-order valence-electron chi connectivity index (χ0n) is 12.5. The number of hydrogen-bond acceptors (Lipinski definition) is 4. The van der Waals surface area contributed by atoms with E-state index in [-0.39, 0.29) is 0 Å². The van der Waals surface area contributed by atoms with Crippen molar-refractivity contribution in [3.8, 4) is 0 Å². The molecule has 1 heterocycles. The Morgan fingerprint density at radius 1 is 1.36 bits per heavy atom. The molecule has 0 saturated heterocycles. The van der Waals surface area contributed by atoms with Crippen molar-refractivity contribution >= 4 is 5.97 Å². The molecule has 0 aliphatic heterocycles. The molecule has 0 radical (unpaired) electrons. The summed E-state index contributed by atoms with van der Waals surface area (Å²) < 4.78 is 1.99. The Bertz CT molecular complexity index is 583. The quantitative estimate of drug-likeness (QED) is 0.633. The van der Waals surface area contributed by atoms with Crippen molar-refractivity contribution in [1.29, 1.82) is 0 Å². The second kappa shape index (κ2) is 8.31. The number of benzene rings is 1. The summed E-state index contributed by atoms with van der Waals surface area (Å²) in [5.74, 6) is -0.882. The second-order valence-corrected chi connectivity index (χ2v) is 5.18. The molecule has 1 atom stereocenters. The lowest BCUT2D eigenvalue weighted by Crippen LogP contribution is -2.41. The molecule has 2 rings (SSSR count). The van der Waals surface area contributed by atoms with Crippen LogP contribution in [0.25, 0.3) is 0 Å². The van der Waals surface area contributed by atoms with Crippen LogP contribution in [-0.2, 0) is 24.2 Å². The maximum absolute atomic E-state index is 11.2. The van der Waals surface area contributed by atoms with Crippen molar-refractivity contribution in [2.75, 3.05) is 13.1 Å². The van der Waals surface area contributed by atoms with Crippen molar-refractivity contribution in [2.45, 2.75) is 25.4 Å². The van der Waals surface area contributed by atoms with Crippen molar-refractivity contribution in [3.05, 3.63) is 54.1 Å². The monoisotopic (exact) mass is 302 g/mol. The molecule has 2 aromatic rings. The first kappa shape index (κ1) is 16.2. The van der Waals surface area contributed by atoms with Gasteiger partial charge in [-0.1, -0.05) is 30.3 Å². The lowest BCUT2D eigenvalue weighted by molar-refractivity contribution is -0.139. The number of aromatic nitrogens is 2. The van der Waals surface area contributed by atoms with Gasteiger partial charge in [-0.15, -0.1) is 0 Å². The Morgan fingerprint density at radius 2 is 2.14 bits per heavy atom. The fourth-order valence-corrected chi connectivity index (χ4v) is 2.25. The van der Waals surface area contributed by atoms with Gasteiger partial charge in [0.1, 0.15) is 6.04 Å². The van der Waals surface area contributed by atoms with E-state index in [2.05, 4.69) is 22.4 Å². The SMILES string of the molecule is NCCN[C@@H](Cc1cn(CCc2ccccc2)cn1)C(=O)O. The van der Waals surface area contributed by atoms with E-state index in [1.165, 1.54) is 5.56 Å². The van der Waals surface area contributed by atoms with E-state index in [9.17, 15) is 9.90 Å². The van der Waals surface area contributed by atoms with Gasteiger partial charge >= 0.3 is 5.97 Å². The first-order valence-corrected chi connectivity index (χ1v) is 7.40. The summed E-state index contributed by atoms with van der Waals surface area (Å²) in [6.45, 7) is 1.71. The van der Waals surface area contributed by atoms with Gasteiger partial charge in [-0.2, -0.15) is 0 Å². The number of rotatable bonds is 9. The molecule has 0 fully saturated rings. The average molecular weight is 302 g/mol. The molecule has 1 aromatic heterocycles. The van der Waals surface area contributed by atoms with Crippen molar-refractivity contribution in [2.24, 2.45) is 5.73 Å². The van der Waals surface area contributed by atoms with Crippen molar-refractivity contribution < 1.29 is 9.90 Å². The number of carboxylic acid groups (broad SMARTS) is 1. The Morgan fingerprint density at radius 3 is 2.82 bits per heavy atom. The molecule has 1 aromatic carbocycles. The van der Waals surface area contributed by atoms with E-state index in [1.54, 1.807) is 6.33 Å². The van der Waals surface area contributed by atoms with Crippen LogP contribution in [0.15, 0.2) is 42.9 Å². The van der Waals surface area contributed by atoms with Crippen LogP contribution < -0.4 is 11.1 Å².